The fourth-order valence-electron chi connectivity index (χ4n) is 3.17. The Bertz CT molecular complexity index is 669. The van der Waals surface area contributed by atoms with Gasteiger partial charge in [-0.25, -0.2) is 0 Å². The third-order valence-corrected chi connectivity index (χ3v) is 5.53. The van der Waals surface area contributed by atoms with Gasteiger partial charge < -0.3 is 14.4 Å². The van der Waals surface area contributed by atoms with Crippen LogP contribution < -0.4 is 4.90 Å². The van der Waals surface area contributed by atoms with Crippen molar-refractivity contribution in [3.05, 3.63) is 30.1 Å². The zero-order chi connectivity index (χ0) is 16.9. The molecule has 2 fully saturated rings. The van der Waals surface area contributed by atoms with E-state index in [1.54, 1.807) is 18.0 Å². The number of rotatable bonds is 6. The van der Waals surface area contributed by atoms with Gasteiger partial charge in [-0.1, -0.05) is 17.8 Å². The molecule has 4 heterocycles. The molecule has 1 unspecified atom stereocenters. The second kappa shape index (κ2) is 8.16. The van der Waals surface area contributed by atoms with Gasteiger partial charge in [-0.2, -0.15) is 0 Å². The molecular weight excluding hydrogens is 338 g/mol. The van der Waals surface area contributed by atoms with Gasteiger partial charge >= 0.3 is 0 Å². The summed E-state index contributed by atoms with van der Waals surface area (Å²) in [7, 11) is 0. The zero-order valence-electron chi connectivity index (χ0n) is 14.2. The van der Waals surface area contributed by atoms with Gasteiger partial charge in [0.15, 0.2) is 5.16 Å². The normalized spacial score (nSPS) is 21.0. The molecule has 2 saturated heterocycles. The molecular formula is C17H23N5O2S. The molecule has 0 aromatic carbocycles. The van der Waals surface area contributed by atoms with Crippen molar-refractivity contribution in [2.24, 2.45) is 0 Å². The minimum atomic E-state index is 0.258. The molecule has 0 spiro atoms. The highest BCUT2D eigenvalue weighted by Gasteiger charge is 2.24. The predicted octanol–water partition coefficient (Wildman–Crippen LogP) is 1.98. The first-order valence-corrected chi connectivity index (χ1v) is 9.78. The molecule has 0 aliphatic carbocycles. The predicted molar refractivity (Wildman–Crippen MR) is 95.8 cm³/mol. The van der Waals surface area contributed by atoms with E-state index >= 15 is 0 Å². The number of hydrogen-bond donors (Lipinski definition) is 0. The van der Waals surface area contributed by atoms with Gasteiger partial charge in [-0.05, 0) is 24.5 Å². The molecule has 1 atom stereocenters. The molecule has 8 heteroatoms. The molecule has 134 valence electrons. The summed E-state index contributed by atoms with van der Waals surface area (Å²) in [4.78, 5) is 6.45. The molecule has 0 bridgehead atoms. The van der Waals surface area contributed by atoms with Crippen LogP contribution in [0.1, 0.15) is 18.4 Å². The average Bonchev–Trinajstić information content (AvgIpc) is 3.32. The summed E-state index contributed by atoms with van der Waals surface area (Å²) >= 11 is 1.70. The van der Waals surface area contributed by atoms with E-state index in [9.17, 15) is 0 Å². The Morgan fingerprint density at radius 1 is 1.20 bits per heavy atom. The van der Waals surface area contributed by atoms with E-state index in [4.69, 9.17) is 9.47 Å². The second-order valence-electron chi connectivity index (χ2n) is 6.28. The van der Waals surface area contributed by atoms with Gasteiger partial charge in [0.2, 0.25) is 5.95 Å². The maximum Gasteiger partial charge on any atom is 0.228 e. The Morgan fingerprint density at radius 3 is 2.88 bits per heavy atom. The molecule has 0 radical (unpaired) electrons. The van der Waals surface area contributed by atoms with Crippen molar-refractivity contribution in [3.63, 3.8) is 0 Å². The van der Waals surface area contributed by atoms with Gasteiger partial charge in [-0.3, -0.25) is 9.55 Å². The van der Waals surface area contributed by atoms with Crippen molar-refractivity contribution in [1.82, 2.24) is 19.7 Å². The molecule has 25 heavy (non-hydrogen) atoms. The van der Waals surface area contributed by atoms with Crippen molar-refractivity contribution in [2.75, 3.05) is 37.8 Å². The number of hydrogen-bond acceptors (Lipinski definition) is 7. The van der Waals surface area contributed by atoms with E-state index in [2.05, 4.69) is 30.7 Å². The highest BCUT2D eigenvalue weighted by Crippen LogP contribution is 2.27. The Balaban J connectivity index is 1.53. The maximum atomic E-state index is 5.85. The molecule has 2 aromatic rings. The van der Waals surface area contributed by atoms with Crippen molar-refractivity contribution < 1.29 is 9.47 Å². The van der Waals surface area contributed by atoms with Crippen LogP contribution >= 0.6 is 11.8 Å². The van der Waals surface area contributed by atoms with E-state index in [1.165, 1.54) is 5.56 Å². The number of thioether (sulfide) groups is 1. The number of morpholine rings is 1. The van der Waals surface area contributed by atoms with Crippen LogP contribution in [0, 0.1) is 0 Å². The fourth-order valence-corrected chi connectivity index (χ4v) is 4.05. The van der Waals surface area contributed by atoms with Crippen LogP contribution in [-0.4, -0.2) is 58.8 Å². The van der Waals surface area contributed by atoms with Gasteiger partial charge in [0.25, 0.3) is 0 Å². The SMILES string of the molecule is c1cncc(CSc2nnc(N3CCOCC3)n2CC2CCCO2)c1. The van der Waals surface area contributed by atoms with E-state index < -0.39 is 0 Å². The highest BCUT2D eigenvalue weighted by atomic mass is 32.2. The molecule has 0 amide bonds. The van der Waals surface area contributed by atoms with Gasteiger partial charge in [0.1, 0.15) is 0 Å². The van der Waals surface area contributed by atoms with Crippen molar-refractivity contribution in [1.29, 1.82) is 0 Å². The third kappa shape index (κ3) is 4.13. The summed E-state index contributed by atoms with van der Waals surface area (Å²) in [5, 5.41) is 9.90. The molecule has 0 saturated carbocycles. The smallest absolute Gasteiger partial charge is 0.228 e. The minimum Gasteiger partial charge on any atom is -0.378 e. The molecule has 0 N–H and O–H groups in total. The Labute approximate surface area is 151 Å². The lowest BCUT2D eigenvalue weighted by Crippen LogP contribution is -2.38. The van der Waals surface area contributed by atoms with Gasteiger partial charge in [0.05, 0.1) is 25.9 Å². The van der Waals surface area contributed by atoms with E-state index in [-0.39, 0.29) is 6.10 Å². The fraction of sp³-hybridized carbons (Fsp3) is 0.588. The lowest BCUT2D eigenvalue weighted by atomic mass is 10.2. The Kier molecular flexibility index (Phi) is 5.49. The molecule has 4 rings (SSSR count). The summed E-state index contributed by atoms with van der Waals surface area (Å²) in [6, 6.07) is 4.05. The van der Waals surface area contributed by atoms with Gasteiger partial charge in [0, 0.05) is 37.8 Å². The molecule has 7 nitrogen and oxygen atoms in total. The van der Waals surface area contributed by atoms with Crippen LogP contribution in [0.2, 0.25) is 0 Å². The van der Waals surface area contributed by atoms with Crippen LogP contribution in [0.3, 0.4) is 0 Å². The van der Waals surface area contributed by atoms with Crippen LogP contribution in [0.4, 0.5) is 5.95 Å². The van der Waals surface area contributed by atoms with Crippen molar-refractivity contribution in [2.45, 2.75) is 36.4 Å². The van der Waals surface area contributed by atoms with Crippen LogP contribution in [0.5, 0.6) is 0 Å². The van der Waals surface area contributed by atoms with E-state index in [0.717, 1.165) is 69.2 Å². The summed E-state index contributed by atoms with van der Waals surface area (Å²) in [5.41, 5.74) is 1.19. The topological polar surface area (TPSA) is 65.3 Å². The first-order chi connectivity index (χ1) is 12.4. The number of pyridine rings is 1. The minimum absolute atomic E-state index is 0.258. The quantitative estimate of drug-likeness (QED) is 0.729. The van der Waals surface area contributed by atoms with Crippen molar-refractivity contribution in [3.8, 4) is 0 Å². The highest BCUT2D eigenvalue weighted by molar-refractivity contribution is 7.98. The summed E-state index contributed by atoms with van der Waals surface area (Å²) in [5.74, 6) is 1.77. The summed E-state index contributed by atoms with van der Waals surface area (Å²) in [6.45, 7) is 4.87. The largest absolute Gasteiger partial charge is 0.378 e. The number of anilines is 1. The standard InChI is InChI=1S/C17H23N5O2S/c1-3-14(11-18-5-1)13-25-17-20-19-16(21-6-9-23-10-7-21)22(17)12-15-4-2-8-24-15/h1,3,5,11,15H,2,4,6-10,12-13H2. The first-order valence-electron chi connectivity index (χ1n) is 8.79. The first kappa shape index (κ1) is 16.8. The summed E-state index contributed by atoms with van der Waals surface area (Å²) < 4.78 is 13.5. The van der Waals surface area contributed by atoms with Crippen LogP contribution in [-0.2, 0) is 21.8 Å². The van der Waals surface area contributed by atoms with E-state index in [1.807, 2.05) is 12.3 Å². The Hall–Kier alpha value is -1.64. The summed E-state index contributed by atoms with van der Waals surface area (Å²) in [6.07, 6.45) is 6.19. The molecule has 2 aliphatic rings. The third-order valence-electron chi connectivity index (χ3n) is 4.49. The number of aromatic nitrogens is 4. The lowest BCUT2D eigenvalue weighted by molar-refractivity contribution is 0.0942. The van der Waals surface area contributed by atoms with Crippen LogP contribution in [0.15, 0.2) is 29.7 Å². The van der Waals surface area contributed by atoms with E-state index in [0.29, 0.717) is 0 Å². The van der Waals surface area contributed by atoms with Gasteiger partial charge in [-0.15, -0.1) is 10.2 Å². The monoisotopic (exact) mass is 361 g/mol. The zero-order valence-corrected chi connectivity index (χ0v) is 15.0. The second-order valence-corrected chi connectivity index (χ2v) is 7.22. The van der Waals surface area contributed by atoms with Crippen molar-refractivity contribution >= 4 is 17.7 Å². The Morgan fingerprint density at radius 2 is 2.12 bits per heavy atom. The average molecular weight is 361 g/mol. The number of ether oxygens (including phenoxy) is 2. The van der Waals surface area contributed by atoms with Crippen LogP contribution in [0.25, 0.3) is 0 Å². The molecule has 2 aromatic heterocycles. The maximum absolute atomic E-state index is 5.85. The number of nitrogens with zero attached hydrogens (tertiary/aromatic N) is 5. The molecule has 2 aliphatic heterocycles. The lowest BCUT2D eigenvalue weighted by Gasteiger charge is -2.28.